The van der Waals surface area contributed by atoms with Crippen LogP contribution < -0.4 is 25.5 Å². The van der Waals surface area contributed by atoms with Gasteiger partial charge < -0.3 is 9.80 Å². The number of para-hydroxylation sites is 1. The number of hydrogen-bond acceptors (Lipinski definition) is 3. The Balaban J connectivity index is 1.23. The Morgan fingerprint density at radius 1 is 0.571 bits per heavy atom. The van der Waals surface area contributed by atoms with Gasteiger partial charge in [0.05, 0.1) is 11.4 Å². The van der Waals surface area contributed by atoms with Crippen LogP contribution in [-0.2, 0) is 16.2 Å². The number of anilines is 6. The zero-order chi connectivity index (χ0) is 43.6. The third-order valence-corrected chi connectivity index (χ3v) is 15.9. The molecule has 4 heteroatoms. The van der Waals surface area contributed by atoms with Gasteiger partial charge in [0.25, 0.3) is 6.71 Å². The van der Waals surface area contributed by atoms with E-state index in [-0.39, 0.29) is 23.0 Å². The highest BCUT2D eigenvalue weighted by molar-refractivity contribution is 7.33. The highest BCUT2D eigenvalue weighted by Crippen LogP contribution is 2.53. The van der Waals surface area contributed by atoms with Gasteiger partial charge in [-0.3, -0.25) is 0 Å². The lowest BCUT2D eigenvalue weighted by atomic mass is 9.35. The minimum absolute atomic E-state index is 0.00127. The molecule has 0 bridgehead atoms. The Morgan fingerprint density at radius 3 is 1.87 bits per heavy atom. The first-order valence-electron chi connectivity index (χ1n) is 23.0. The quantitative estimate of drug-likeness (QED) is 0.159. The van der Waals surface area contributed by atoms with Crippen LogP contribution in [0.5, 0.6) is 0 Å². The summed E-state index contributed by atoms with van der Waals surface area (Å²) in [5.74, 6) is 0.499. The Morgan fingerprint density at radius 2 is 1.21 bits per heavy atom. The van der Waals surface area contributed by atoms with E-state index in [2.05, 4.69) is 224 Å². The monoisotopic (exact) mass is 836 g/mol. The SMILES string of the molecule is CC(C)c1ccc(-c2ccc3sc4c(c3c2)N(c2ccccc2)c2cccc3c2B4c2cc4c(cc2N3c2ccc(C(C)(C)C)cc2-c2ccccc2)C(C)(C)CCC4(C)C)cc1. The molecule has 0 radical (unpaired) electrons. The molecule has 2 nitrogen and oxygen atoms in total. The average molecular weight is 837 g/mol. The van der Waals surface area contributed by atoms with Crippen molar-refractivity contribution >= 4 is 78.0 Å². The molecule has 0 spiro atoms. The van der Waals surface area contributed by atoms with Crippen LogP contribution in [0.15, 0.2) is 152 Å². The molecule has 8 aromatic rings. The lowest BCUT2D eigenvalue weighted by molar-refractivity contribution is 0.332. The van der Waals surface area contributed by atoms with Crippen LogP contribution in [0.2, 0.25) is 0 Å². The molecular formula is C59H57BN2S. The number of thiophene rings is 1. The first-order chi connectivity index (χ1) is 30.2. The highest BCUT2D eigenvalue weighted by Gasteiger charge is 2.48. The zero-order valence-corrected chi connectivity index (χ0v) is 39.1. The van der Waals surface area contributed by atoms with Gasteiger partial charge in [0, 0.05) is 43.2 Å². The summed E-state index contributed by atoms with van der Waals surface area (Å²) >= 11 is 1.99. The number of nitrogens with zero attached hydrogens (tertiary/aromatic N) is 2. The molecule has 0 fully saturated rings. The molecule has 63 heavy (non-hydrogen) atoms. The van der Waals surface area contributed by atoms with Crippen LogP contribution in [0.3, 0.4) is 0 Å². The van der Waals surface area contributed by atoms with Crippen LogP contribution in [0.25, 0.3) is 32.3 Å². The van der Waals surface area contributed by atoms with Crippen molar-refractivity contribution in [1.29, 1.82) is 0 Å². The fourth-order valence-corrected chi connectivity index (χ4v) is 12.2. The van der Waals surface area contributed by atoms with Crippen LogP contribution in [-0.4, -0.2) is 6.71 Å². The first-order valence-corrected chi connectivity index (χ1v) is 23.9. The van der Waals surface area contributed by atoms with Gasteiger partial charge in [-0.2, -0.15) is 0 Å². The maximum Gasteiger partial charge on any atom is 0.264 e. The van der Waals surface area contributed by atoms with Crippen molar-refractivity contribution in [2.45, 2.75) is 97.3 Å². The largest absolute Gasteiger partial charge is 0.311 e. The van der Waals surface area contributed by atoms with Crippen molar-refractivity contribution in [2.75, 3.05) is 9.80 Å². The highest BCUT2D eigenvalue weighted by atomic mass is 32.1. The molecule has 3 aliphatic rings. The van der Waals surface area contributed by atoms with Crippen molar-refractivity contribution in [3.8, 4) is 22.3 Å². The Hall–Kier alpha value is -5.84. The zero-order valence-electron chi connectivity index (χ0n) is 38.3. The van der Waals surface area contributed by atoms with E-state index in [1.54, 1.807) is 0 Å². The first kappa shape index (κ1) is 40.0. The van der Waals surface area contributed by atoms with Crippen LogP contribution in [0.1, 0.15) is 103 Å². The number of hydrogen-bond donors (Lipinski definition) is 0. The van der Waals surface area contributed by atoms with Gasteiger partial charge in [-0.25, -0.2) is 0 Å². The van der Waals surface area contributed by atoms with Gasteiger partial charge >= 0.3 is 0 Å². The maximum atomic E-state index is 2.67. The van der Waals surface area contributed by atoms with Gasteiger partial charge in [-0.05, 0) is 139 Å². The second kappa shape index (κ2) is 14.3. The molecule has 11 rings (SSSR count). The molecule has 0 unspecified atom stereocenters. The van der Waals surface area contributed by atoms with E-state index in [9.17, 15) is 0 Å². The van der Waals surface area contributed by atoms with Crippen molar-refractivity contribution in [1.82, 2.24) is 0 Å². The minimum atomic E-state index is -0.00127. The molecule has 1 aromatic heterocycles. The summed E-state index contributed by atoms with van der Waals surface area (Å²) in [6, 6.07) is 58.2. The third-order valence-electron chi connectivity index (χ3n) is 14.7. The number of fused-ring (bicyclic) bond motifs is 7. The lowest BCUT2D eigenvalue weighted by Crippen LogP contribution is -2.61. The second-order valence-corrected chi connectivity index (χ2v) is 22.1. The Labute approximate surface area is 379 Å². The molecule has 0 N–H and O–H groups in total. The van der Waals surface area contributed by atoms with Gasteiger partial charge in [0.2, 0.25) is 0 Å². The van der Waals surface area contributed by atoms with E-state index in [0.29, 0.717) is 5.92 Å². The molecule has 7 aromatic carbocycles. The standard InChI is InChI=1S/C59H57BN2S/c1-37(2)38-23-25-39(26-24-38)41-27-30-53-45(33-41)55-56(63-53)60-48-35-46-47(59(8,9)32-31-58(46,6)7)36-52(48)62(51-22-16-21-50(54(51)60)61(55)43-19-14-11-15-20-43)49-29-28-42(57(3,4)5)34-44(49)40-17-12-10-13-18-40/h10-30,33-37H,31-32H2,1-9H3. The smallest absolute Gasteiger partial charge is 0.264 e. The normalized spacial score (nSPS) is 15.9. The van der Waals surface area contributed by atoms with Gasteiger partial charge in [0.15, 0.2) is 0 Å². The lowest BCUT2D eigenvalue weighted by Gasteiger charge is -2.47. The van der Waals surface area contributed by atoms with Crippen molar-refractivity contribution in [2.24, 2.45) is 0 Å². The molecule has 0 atom stereocenters. The fourth-order valence-electron chi connectivity index (χ4n) is 10.9. The fraction of sp³-hybridized carbons (Fsp3) is 0.254. The van der Waals surface area contributed by atoms with Crippen molar-refractivity contribution in [3.63, 3.8) is 0 Å². The summed E-state index contributed by atoms with van der Waals surface area (Å²) in [7, 11) is 0. The predicted molar refractivity (Wildman–Crippen MR) is 275 cm³/mol. The van der Waals surface area contributed by atoms with E-state index in [1.165, 1.54) is 117 Å². The minimum Gasteiger partial charge on any atom is -0.311 e. The van der Waals surface area contributed by atoms with Gasteiger partial charge in [0.1, 0.15) is 0 Å². The summed E-state index contributed by atoms with van der Waals surface area (Å²) in [5.41, 5.74) is 21.1. The van der Waals surface area contributed by atoms with E-state index < -0.39 is 0 Å². The molecule has 2 aliphatic heterocycles. The molecule has 3 heterocycles. The van der Waals surface area contributed by atoms with Gasteiger partial charge in [-0.1, -0.05) is 159 Å². The van der Waals surface area contributed by atoms with Crippen molar-refractivity contribution < 1.29 is 0 Å². The molecule has 312 valence electrons. The number of rotatable bonds is 5. The Kier molecular flexibility index (Phi) is 9.10. The average Bonchev–Trinajstić information content (AvgIpc) is 3.66. The second-order valence-electron chi connectivity index (χ2n) is 21.0. The van der Waals surface area contributed by atoms with Crippen LogP contribution in [0, 0.1) is 0 Å². The predicted octanol–water partition coefficient (Wildman–Crippen LogP) is 15.1. The van der Waals surface area contributed by atoms with Crippen LogP contribution in [0.4, 0.5) is 34.1 Å². The summed E-state index contributed by atoms with van der Waals surface area (Å²) in [6.07, 6.45) is 2.34. The molecular weight excluding hydrogens is 780 g/mol. The summed E-state index contributed by atoms with van der Waals surface area (Å²) in [6.45, 7) is 21.5. The van der Waals surface area contributed by atoms with E-state index in [0.717, 1.165) is 0 Å². The Bertz CT molecular complexity index is 3080. The van der Waals surface area contributed by atoms with E-state index >= 15 is 0 Å². The summed E-state index contributed by atoms with van der Waals surface area (Å²) in [5, 5.41) is 1.31. The van der Waals surface area contributed by atoms with Crippen LogP contribution >= 0.6 is 11.3 Å². The summed E-state index contributed by atoms with van der Waals surface area (Å²) < 4.78 is 2.74. The molecule has 0 saturated heterocycles. The molecule has 0 saturated carbocycles. The van der Waals surface area contributed by atoms with E-state index in [4.69, 9.17) is 0 Å². The van der Waals surface area contributed by atoms with E-state index in [1.807, 2.05) is 11.3 Å². The third kappa shape index (κ3) is 6.34. The molecule has 0 amide bonds. The maximum absolute atomic E-state index is 2.67. The van der Waals surface area contributed by atoms with Crippen molar-refractivity contribution in [3.05, 3.63) is 174 Å². The number of benzene rings is 7. The topological polar surface area (TPSA) is 6.48 Å². The molecule has 1 aliphatic carbocycles. The summed E-state index contributed by atoms with van der Waals surface area (Å²) in [4.78, 5) is 5.24. The van der Waals surface area contributed by atoms with Gasteiger partial charge in [-0.15, -0.1) is 11.3 Å².